The van der Waals surface area contributed by atoms with Crippen molar-refractivity contribution in [1.29, 1.82) is 0 Å². The summed E-state index contributed by atoms with van der Waals surface area (Å²) in [6, 6.07) is 6.69. The molecule has 0 amide bonds. The number of rotatable bonds is 4. The number of anilines is 1. The minimum atomic E-state index is 0.0380. The molecule has 0 spiro atoms. The molecule has 0 saturated heterocycles. The van der Waals surface area contributed by atoms with Crippen molar-refractivity contribution < 1.29 is 0 Å². The zero-order valence-electron chi connectivity index (χ0n) is 9.71. The summed E-state index contributed by atoms with van der Waals surface area (Å²) in [4.78, 5) is 0. The second-order valence-corrected chi connectivity index (χ2v) is 4.57. The summed E-state index contributed by atoms with van der Waals surface area (Å²) in [6.45, 7) is 1.27. The maximum atomic E-state index is 5.77. The number of hydrogen-bond acceptors (Lipinski definition) is 3. The van der Waals surface area contributed by atoms with Crippen LogP contribution in [-0.2, 0) is 12.8 Å². The molecular formula is C13H21N3. The van der Waals surface area contributed by atoms with E-state index in [9.17, 15) is 0 Å². The summed E-state index contributed by atoms with van der Waals surface area (Å²) in [7, 11) is 0. The summed E-state index contributed by atoms with van der Waals surface area (Å²) in [6.07, 6.45) is 5.10. The quantitative estimate of drug-likeness (QED) is 0.714. The highest BCUT2D eigenvalue weighted by Gasteiger charge is 2.09. The number of hydrogen-bond donors (Lipinski definition) is 3. The van der Waals surface area contributed by atoms with Gasteiger partial charge in [-0.1, -0.05) is 6.07 Å². The molecule has 1 atom stereocenters. The van der Waals surface area contributed by atoms with Crippen molar-refractivity contribution in [1.82, 2.24) is 0 Å². The van der Waals surface area contributed by atoms with Gasteiger partial charge in [-0.15, -0.1) is 0 Å². The van der Waals surface area contributed by atoms with Crippen LogP contribution < -0.4 is 16.8 Å². The lowest BCUT2D eigenvalue weighted by Crippen LogP contribution is -2.36. The fraction of sp³-hybridized carbons (Fsp3) is 0.538. The van der Waals surface area contributed by atoms with Crippen molar-refractivity contribution in [2.45, 2.75) is 31.7 Å². The largest absolute Gasteiger partial charge is 0.383 e. The Morgan fingerprint density at radius 3 is 2.69 bits per heavy atom. The van der Waals surface area contributed by atoms with Gasteiger partial charge in [0.25, 0.3) is 0 Å². The van der Waals surface area contributed by atoms with Crippen LogP contribution in [0.25, 0.3) is 0 Å². The Hall–Kier alpha value is -1.06. The molecule has 0 saturated carbocycles. The summed E-state index contributed by atoms with van der Waals surface area (Å²) >= 11 is 0. The molecule has 16 heavy (non-hydrogen) atoms. The second-order valence-electron chi connectivity index (χ2n) is 4.57. The van der Waals surface area contributed by atoms with E-state index in [1.165, 1.54) is 42.5 Å². The molecule has 88 valence electrons. The number of nitrogens with one attached hydrogen (secondary N) is 1. The van der Waals surface area contributed by atoms with Gasteiger partial charge in [-0.2, -0.15) is 0 Å². The van der Waals surface area contributed by atoms with Crippen LogP contribution in [0.5, 0.6) is 0 Å². The fourth-order valence-electron chi connectivity index (χ4n) is 2.18. The Balaban J connectivity index is 2.00. The summed E-state index contributed by atoms with van der Waals surface area (Å²) < 4.78 is 0. The molecular weight excluding hydrogens is 198 g/mol. The van der Waals surface area contributed by atoms with Gasteiger partial charge in [0.1, 0.15) is 0 Å². The predicted octanol–water partition coefficient (Wildman–Crippen LogP) is 1.26. The average molecular weight is 219 g/mol. The molecule has 3 nitrogen and oxygen atoms in total. The van der Waals surface area contributed by atoms with Gasteiger partial charge in [0.05, 0.1) is 0 Å². The molecule has 1 aliphatic rings. The summed E-state index contributed by atoms with van der Waals surface area (Å²) in [5.74, 6) is 0. The minimum Gasteiger partial charge on any atom is -0.383 e. The Kier molecular flexibility index (Phi) is 3.80. The third-order valence-electron chi connectivity index (χ3n) is 3.22. The predicted molar refractivity (Wildman–Crippen MR) is 68.6 cm³/mol. The van der Waals surface area contributed by atoms with Crippen molar-refractivity contribution in [2.75, 3.05) is 18.4 Å². The van der Waals surface area contributed by atoms with Crippen molar-refractivity contribution in [3.05, 3.63) is 29.3 Å². The van der Waals surface area contributed by atoms with E-state index in [0.717, 1.165) is 6.54 Å². The van der Waals surface area contributed by atoms with E-state index >= 15 is 0 Å². The molecule has 0 aromatic heterocycles. The van der Waals surface area contributed by atoms with E-state index in [2.05, 4.69) is 23.5 Å². The van der Waals surface area contributed by atoms with Gasteiger partial charge < -0.3 is 16.8 Å². The van der Waals surface area contributed by atoms with E-state index in [4.69, 9.17) is 11.5 Å². The molecule has 1 aromatic rings. The SMILES string of the molecule is NCC(N)CNc1ccc2c(c1)CCCC2. The summed E-state index contributed by atoms with van der Waals surface area (Å²) in [5.41, 5.74) is 15.4. The molecule has 0 radical (unpaired) electrons. The van der Waals surface area contributed by atoms with Gasteiger partial charge >= 0.3 is 0 Å². The van der Waals surface area contributed by atoms with Gasteiger partial charge in [-0.05, 0) is 48.9 Å². The first-order valence-electron chi connectivity index (χ1n) is 6.11. The Morgan fingerprint density at radius 1 is 1.19 bits per heavy atom. The normalized spacial score (nSPS) is 16.6. The lowest BCUT2D eigenvalue weighted by molar-refractivity contribution is 0.685. The first kappa shape index (κ1) is 11.4. The van der Waals surface area contributed by atoms with E-state index < -0.39 is 0 Å². The highest BCUT2D eigenvalue weighted by Crippen LogP contribution is 2.24. The molecule has 0 fully saturated rings. The first-order valence-corrected chi connectivity index (χ1v) is 6.11. The number of benzene rings is 1. The van der Waals surface area contributed by atoms with E-state index in [0.29, 0.717) is 6.54 Å². The maximum Gasteiger partial charge on any atom is 0.0343 e. The van der Waals surface area contributed by atoms with Crippen LogP contribution in [0.3, 0.4) is 0 Å². The molecule has 0 aliphatic heterocycles. The molecule has 2 rings (SSSR count). The fourth-order valence-corrected chi connectivity index (χ4v) is 2.18. The molecule has 0 heterocycles. The van der Waals surface area contributed by atoms with Crippen LogP contribution in [0.4, 0.5) is 5.69 Å². The van der Waals surface area contributed by atoms with Crippen LogP contribution in [0.2, 0.25) is 0 Å². The van der Waals surface area contributed by atoms with Gasteiger partial charge in [-0.3, -0.25) is 0 Å². The van der Waals surface area contributed by atoms with Crippen molar-refractivity contribution in [3.63, 3.8) is 0 Å². The van der Waals surface area contributed by atoms with Crippen molar-refractivity contribution in [3.8, 4) is 0 Å². The lowest BCUT2D eigenvalue weighted by Gasteiger charge is -2.18. The van der Waals surface area contributed by atoms with Crippen LogP contribution in [0.15, 0.2) is 18.2 Å². The van der Waals surface area contributed by atoms with E-state index in [1.54, 1.807) is 0 Å². The number of nitrogens with two attached hydrogens (primary N) is 2. The molecule has 5 N–H and O–H groups in total. The third-order valence-corrected chi connectivity index (χ3v) is 3.22. The average Bonchev–Trinajstić information content (AvgIpc) is 2.35. The smallest absolute Gasteiger partial charge is 0.0343 e. The maximum absolute atomic E-state index is 5.77. The highest BCUT2D eigenvalue weighted by molar-refractivity contribution is 5.49. The lowest BCUT2D eigenvalue weighted by atomic mass is 9.91. The van der Waals surface area contributed by atoms with Crippen molar-refractivity contribution in [2.24, 2.45) is 11.5 Å². The Morgan fingerprint density at radius 2 is 1.94 bits per heavy atom. The van der Waals surface area contributed by atoms with Gasteiger partial charge in [0.2, 0.25) is 0 Å². The molecule has 1 aromatic carbocycles. The van der Waals surface area contributed by atoms with E-state index in [1.807, 2.05) is 0 Å². The monoisotopic (exact) mass is 219 g/mol. The minimum absolute atomic E-state index is 0.0380. The van der Waals surface area contributed by atoms with Gasteiger partial charge in [-0.25, -0.2) is 0 Å². The number of fused-ring (bicyclic) bond motifs is 1. The second kappa shape index (κ2) is 5.32. The Bertz CT molecular complexity index is 349. The number of aryl methyl sites for hydroxylation is 2. The molecule has 1 aliphatic carbocycles. The molecule has 1 unspecified atom stereocenters. The van der Waals surface area contributed by atoms with Crippen LogP contribution >= 0.6 is 0 Å². The third kappa shape index (κ3) is 2.74. The van der Waals surface area contributed by atoms with Crippen LogP contribution in [0.1, 0.15) is 24.0 Å². The van der Waals surface area contributed by atoms with Crippen LogP contribution in [0, 0.1) is 0 Å². The van der Waals surface area contributed by atoms with Crippen molar-refractivity contribution >= 4 is 5.69 Å². The van der Waals surface area contributed by atoms with Gasteiger partial charge in [0.15, 0.2) is 0 Å². The highest BCUT2D eigenvalue weighted by atomic mass is 14.9. The summed E-state index contributed by atoms with van der Waals surface area (Å²) in [5, 5.41) is 3.34. The Labute approximate surface area is 97.2 Å². The molecule has 0 bridgehead atoms. The first-order chi connectivity index (χ1) is 7.79. The van der Waals surface area contributed by atoms with E-state index in [-0.39, 0.29) is 6.04 Å². The zero-order chi connectivity index (χ0) is 11.4. The van der Waals surface area contributed by atoms with Gasteiger partial charge in [0, 0.05) is 24.8 Å². The molecule has 3 heteroatoms. The standard InChI is InChI=1S/C13H21N3/c14-8-12(15)9-16-13-6-5-10-3-1-2-4-11(10)7-13/h5-7,12,16H,1-4,8-9,14-15H2. The zero-order valence-corrected chi connectivity index (χ0v) is 9.71. The van der Waals surface area contributed by atoms with Crippen LogP contribution in [-0.4, -0.2) is 19.1 Å². The topological polar surface area (TPSA) is 64.1 Å².